The van der Waals surface area contributed by atoms with Crippen molar-refractivity contribution in [3.05, 3.63) is 22.4 Å². The van der Waals surface area contributed by atoms with Crippen LogP contribution in [0.5, 0.6) is 0 Å². The summed E-state index contributed by atoms with van der Waals surface area (Å²) in [6.45, 7) is 5.83. The number of piperidine rings is 1. The smallest absolute Gasteiger partial charge is 0.240 e. The number of hydrogen-bond acceptors (Lipinski definition) is 3. The number of likely N-dealkylation sites (tertiary alicyclic amines) is 1. The van der Waals surface area contributed by atoms with Crippen LogP contribution in [0.3, 0.4) is 0 Å². The molecule has 1 aliphatic rings. The molecule has 94 valence electrons. The molecule has 1 unspecified atom stereocenters. The van der Waals surface area contributed by atoms with E-state index in [0.29, 0.717) is 6.04 Å². The van der Waals surface area contributed by atoms with Crippen molar-refractivity contribution >= 4 is 17.2 Å². The van der Waals surface area contributed by atoms with E-state index in [-0.39, 0.29) is 11.9 Å². The minimum atomic E-state index is 0.0161. The highest BCUT2D eigenvalue weighted by atomic mass is 32.1. The fourth-order valence-electron chi connectivity index (χ4n) is 2.26. The van der Waals surface area contributed by atoms with Crippen molar-refractivity contribution in [3.63, 3.8) is 0 Å². The van der Waals surface area contributed by atoms with Crippen LogP contribution in [0.1, 0.15) is 32.3 Å². The number of rotatable bonds is 4. The van der Waals surface area contributed by atoms with E-state index < -0.39 is 0 Å². The van der Waals surface area contributed by atoms with Gasteiger partial charge < -0.3 is 10.2 Å². The Balaban J connectivity index is 1.96. The Morgan fingerprint density at radius 1 is 1.59 bits per heavy atom. The maximum absolute atomic E-state index is 12.3. The summed E-state index contributed by atoms with van der Waals surface area (Å²) in [6, 6.07) is 2.48. The Labute approximate surface area is 107 Å². The van der Waals surface area contributed by atoms with Gasteiger partial charge >= 0.3 is 0 Å². The molecule has 2 rings (SSSR count). The van der Waals surface area contributed by atoms with Crippen LogP contribution < -0.4 is 5.32 Å². The minimum Gasteiger partial charge on any atom is -0.337 e. The number of carbonyl (C=O) groups is 1. The van der Waals surface area contributed by atoms with Crippen LogP contribution >= 0.6 is 11.3 Å². The molecular weight excluding hydrogens is 232 g/mol. The lowest BCUT2D eigenvalue weighted by Crippen LogP contribution is -2.51. The van der Waals surface area contributed by atoms with E-state index in [1.807, 2.05) is 4.90 Å². The van der Waals surface area contributed by atoms with Crippen molar-refractivity contribution in [1.29, 1.82) is 0 Å². The van der Waals surface area contributed by atoms with Crippen molar-refractivity contribution in [2.45, 2.75) is 45.3 Å². The SMILES string of the molecule is CC(C)NC1CCCN(Cc2ccsc2)C1=O. The minimum absolute atomic E-state index is 0.0161. The third-order valence-electron chi connectivity index (χ3n) is 3.02. The maximum atomic E-state index is 12.3. The topological polar surface area (TPSA) is 32.3 Å². The molecule has 1 aliphatic heterocycles. The Hall–Kier alpha value is -0.870. The molecule has 1 amide bonds. The number of nitrogens with one attached hydrogen (secondary N) is 1. The predicted octanol–water partition coefficient (Wildman–Crippen LogP) is 2.24. The second kappa shape index (κ2) is 5.65. The molecule has 2 heterocycles. The van der Waals surface area contributed by atoms with Gasteiger partial charge in [-0.25, -0.2) is 0 Å². The molecule has 0 saturated carbocycles. The Bertz CT molecular complexity index is 362. The van der Waals surface area contributed by atoms with Crippen LogP contribution in [0.4, 0.5) is 0 Å². The third-order valence-corrected chi connectivity index (χ3v) is 3.75. The zero-order valence-corrected chi connectivity index (χ0v) is 11.3. The molecule has 1 atom stereocenters. The lowest BCUT2D eigenvalue weighted by atomic mass is 10.0. The van der Waals surface area contributed by atoms with Crippen molar-refractivity contribution in [3.8, 4) is 0 Å². The molecule has 1 aromatic heterocycles. The van der Waals surface area contributed by atoms with Gasteiger partial charge in [-0.1, -0.05) is 13.8 Å². The van der Waals surface area contributed by atoms with Gasteiger partial charge in [0.15, 0.2) is 0 Å². The van der Waals surface area contributed by atoms with Crippen LogP contribution in [-0.2, 0) is 11.3 Å². The molecule has 17 heavy (non-hydrogen) atoms. The van der Waals surface area contributed by atoms with Gasteiger partial charge in [0, 0.05) is 19.1 Å². The van der Waals surface area contributed by atoms with Crippen molar-refractivity contribution in [2.75, 3.05) is 6.54 Å². The fourth-order valence-corrected chi connectivity index (χ4v) is 2.92. The average Bonchev–Trinajstić information content (AvgIpc) is 2.76. The zero-order valence-electron chi connectivity index (χ0n) is 10.5. The quantitative estimate of drug-likeness (QED) is 0.891. The van der Waals surface area contributed by atoms with Crippen LogP contribution in [0.15, 0.2) is 16.8 Å². The first kappa shape index (κ1) is 12.6. The Morgan fingerprint density at radius 3 is 3.06 bits per heavy atom. The molecule has 1 saturated heterocycles. The number of thiophene rings is 1. The third kappa shape index (κ3) is 3.30. The van der Waals surface area contributed by atoms with Gasteiger partial charge in [-0.3, -0.25) is 4.79 Å². The molecule has 4 heteroatoms. The van der Waals surface area contributed by atoms with Crippen molar-refractivity contribution in [1.82, 2.24) is 10.2 Å². The summed E-state index contributed by atoms with van der Waals surface area (Å²) in [4.78, 5) is 14.2. The second-order valence-electron chi connectivity index (χ2n) is 4.91. The van der Waals surface area contributed by atoms with Gasteiger partial charge in [-0.05, 0) is 35.2 Å². The lowest BCUT2D eigenvalue weighted by molar-refractivity contribution is -0.136. The summed E-state index contributed by atoms with van der Waals surface area (Å²) in [6.07, 6.45) is 2.07. The molecule has 0 aliphatic carbocycles. The lowest BCUT2D eigenvalue weighted by Gasteiger charge is -2.33. The molecular formula is C13H20N2OS. The van der Waals surface area contributed by atoms with Gasteiger partial charge in [-0.2, -0.15) is 11.3 Å². The van der Waals surface area contributed by atoms with Gasteiger partial charge in [0.2, 0.25) is 5.91 Å². The molecule has 1 N–H and O–H groups in total. The highest BCUT2D eigenvalue weighted by molar-refractivity contribution is 7.07. The molecule has 0 radical (unpaired) electrons. The van der Waals surface area contributed by atoms with E-state index in [0.717, 1.165) is 25.9 Å². The number of nitrogens with zero attached hydrogens (tertiary/aromatic N) is 1. The van der Waals surface area contributed by atoms with E-state index in [1.165, 1.54) is 5.56 Å². The van der Waals surface area contributed by atoms with Crippen LogP contribution in [0.25, 0.3) is 0 Å². The first-order chi connectivity index (χ1) is 8.16. The molecule has 1 aromatic rings. The highest BCUT2D eigenvalue weighted by Crippen LogP contribution is 2.17. The van der Waals surface area contributed by atoms with Gasteiger partial charge in [-0.15, -0.1) is 0 Å². The number of carbonyl (C=O) groups excluding carboxylic acids is 1. The fraction of sp³-hybridized carbons (Fsp3) is 0.615. The van der Waals surface area contributed by atoms with Gasteiger partial charge in [0.25, 0.3) is 0 Å². The van der Waals surface area contributed by atoms with Crippen LogP contribution in [0, 0.1) is 0 Å². The normalized spacial score (nSPS) is 21.2. The summed E-state index contributed by atoms with van der Waals surface area (Å²) < 4.78 is 0. The summed E-state index contributed by atoms with van der Waals surface area (Å²) >= 11 is 1.69. The van der Waals surface area contributed by atoms with Crippen LogP contribution in [-0.4, -0.2) is 29.4 Å². The number of amides is 1. The van der Waals surface area contributed by atoms with E-state index in [9.17, 15) is 4.79 Å². The summed E-state index contributed by atoms with van der Waals surface area (Å²) in [5, 5.41) is 7.53. The summed E-state index contributed by atoms with van der Waals surface area (Å²) in [5.74, 6) is 0.260. The molecule has 0 spiro atoms. The molecule has 0 aromatic carbocycles. The van der Waals surface area contributed by atoms with E-state index in [4.69, 9.17) is 0 Å². The first-order valence-corrected chi connectivity index (χ1v) is 7.17. The summed E-state index contributed by atoms with van der Waals surface area (Å²) in [5.41, 5.74) is 1.24. The van der Waals surface area contributed by atoms with E-state index >= 15 is 0 Å². The largest absolute Gasteiger partial charge is 0.337 e. The summed E-state index contributed by atoms with van der Waals surface area (Å²) in [7, 11) is 0. The zero-order chi connectivity index (χ0) is 12.3. The average molecular weight is 252 g/mol. The van der Waals surface area contributed by atoms with Crippen molar-refractivity contribution < 1.29 is 4.79 Å². The second-order valence-corrected chi connectivity index (χ2v) is 5.69. The van der Waals surface area contributed by atoms with Crippen molar-refractivity contribution in [2.24, 2.45) is 0 Å². The van der Waals surface area contributed by atoms with Crippen LogP contribution in [0.2, 0.25) is 0 Å². The maximum Gasteiger partial charge on any atom is 0.240 e. The van der Waals surface area contributed by atoms with E-state index in [1.54, 1.807) is 11.3 Å². The Morgan fingerprint density at radius 2 is 2.41 bits per heavy atom. The van der Waals surface area contributed by atoms with Gasteiger partial charge in [0.05, 0.1) is 6.04 Å². The van der Waals surface area contributed by atoms with Gasteiger partial charge in [0.1, 0.15) is 0 Å². The van der Waals surface area contributed by atoms with E-state index in [2.05, 4.69) is 36.0 Å². The molecule has 0 bridgehead atoms. The Kier molecular flexibility index (Phi) is 4.18. The number of hydrogen-bond donors (Lipinski definition) is 1. The monoisotopic (exact) mass is 252 g/mol. The standard InChI is InChI=1S/C13H20N2OS/c1-10(2)14-12-4-3-6-15(13(12)16)8-11-5-7-17-9-11/h5,7,9-10,12,14H,3-4,6,8H2,1-2H3. The highest BCUT2D eigenvalue weighted by Gasteiger charge is 2.28. The molecule has 1 fully saturated rings. The first-order valence-electron chi connectivity index (χ1n) is 6.22. The predicted molar refractivity (Wildman–Crippen MR) is 71.0 cm³/mol. The molecule has 3 nitrogen and oxygen atoms in total.